The molecule has 0 spiro atoms. The molecule has 2 rings (SSSR count). The largest absolute Gasteiger partial charge is 0.351 e. The van der Waals surface area contributed by atoms with Crippen LogP contribution in [0.1, 0.15) is 43.0 Å². The van der Waals surface area contributed by atoms with Crippen molar-refractivity contribution in [2.24, 2.45) is 5.41 Å². The molecule has 1 aliphatic carbocycles. The summed E-state index contributed by atoms with van der Waals surface area (Å²) in [5, 5.41) is 13.7. The van der Waals surface area contributed by atoms with E-state index in [-0.39, 0.29) is 17.0 Å². The molecule has 1 saturated carbocycles. The van der Waals surface area contributed by atoms with E-state index in [9.17, 15) is 14.9 Å². The van der Waals surface area contributed by atoms with Gasteiger partial charge in [-0.1, -0.05) is 13.3 Å². The Labute approximate surface area is 126 Å². The molecule has 5 nitrogen and oxygen atoms in total. The van der Waals surface area contributed by atoms with Gasteiger partial charge in [0.2, 0.25) is 0 Å². The summed E-state index contributed by atoms with van der Waals surface area (Å²) in [5.41, 5.74) is 0.497. The molecule has 0 heterocycles. The van der Waals surface area contributed by atoms with Gasteiger partial charge in [-0.2, -0.15) is 0 Å². The monoisotopic (exact) mass is 340 g/mol. The third kappa shape index (κ3) is 3.36. The minimum absolute atomic E-state index is 0.0759. The molecule has 1 aromatic rings. The molecule has 0 aromatic heterocycles. The molecule has 1 aromatic carbocycles. The van der Waals surface area contributed by atoms with Crippen molar-refractivity contribution < 1.29 is 9.72 Å². The summed E-state index contributed by atoms with van der Waals surface area (Å²) in [5.74, 6) is -0.261. The van der Waals surface area contributed by atoms with Crippen LogP contribution >= 0.6 is 15.9 Å². The fraction of sp³-hybridized carbons (Fsp3) is 0.500. The van der Waals surface area contributed by atoms with E-state index in [0.29, 0.717) is 16.6 Å². The number of nitro groups is 1. The molecule has 0 aliphatic heterocycles. The average Bonchev–Trinajstić information content (AvgIpc) is 3.17. The van der Waals surface area contributed by atoms with Crippen molar-refractivity contribution in [2.75, 3.05) is 6.54 Å². The molecular weight excluding hydrogens is 324 g/mol. The molecule has 1 N–H and O–H groups in total. The second-order valence-corrected chi connectivity index (χ2v) is 6.21. The highest BCUT2D eigenvalue weighted by molar-refractivity contribution is 9.10. The van der Waals surface area contributed by atoms with Crippen LogP contribution in [0.15, 0.2) is 22.7 Å². The quantitative estimate of drug-likeness (QED) is 0.634. The van der Waals surface area contributed by atoms with Gasteiger partial charge in [0.15, 0.2) is 0 Å². The molecule has 0 saturated heterocycles. The maximum atomic E-state index is 12.2. The summed E-state index contributed by atoms with van der Waals surface area (Å²) >= 11 is 3.26. The highest BCUT2D eigenvalue weighted by atomic mass is 79.9. The fourth-order valence-electron chi connectivity index (χ4n) is 2.39. The van der Waals surface area contributed by atoms with Gasteiger partial charge >= 0.3 is 0 Å². The predicted octanol–water partition coefficient (Wildman–Crippen LogP) is 3.67. The fourth-order valence-corrected chi connectivity index (χ4v) is 2.81. The predicted molar refractivity (Wildman–Crippen MR) is 79.7 cm³/mol. The highest BCUT2D eigenvalue weighted by Gasteiger charge is 2.41. The Hall–Kier alpha value is -1.43. The van der Waals surface area contributed by atoms with E-state index in [1.54, 1.807) is 0 Å². The number of carbonyl (C=O) groups is 1. The van der Waals surface area contributed by atoms with Crippen molar-refractivity contribution in [1.29, 1.82) is 0 Å². The Kier molecular flexibility index (Phi) is 4.42. The zero-order valence-electron chi connectivity index (χ0n) is 11.3. The van der Waals surface area contributed by atoms with E-state index in [0.717, 1.165) is 25.7 Å². The summed E-state index contributed by atoms with van der Waals surface area (Å²) < 4.78 is 0.570. The van der Waals surface area contributed by atoms with E-state index in [1.165, 1.54) is 18.2 Å². The first-order valence-electron chi connectivity index (χ1n) is 6.69. The first-order chi connectivity index (χ1) is 9.47. The lowest BCUT2D eigenvalue weighted by Gasteiger charge is -2.15. The number of rotatable bonds is 6. The summed E-state index contributed by atoms with van der Waals surface area (Å²) in [6.45, 7) is 2.79. The molecule has 1 amide bonds. The number of nitro benzene ring substituents is 1. The Balaban J connectivity index is 2.05. The second-order valence-electron chi connectivity index (χ2n) is 5.35. The Morgan fingerprint density at radius 1 is 1.50 bits per heavy atom. The number of nitrogens with zero attached hydrogens (tertiary/aromatic N) is 1. The second kappa shape index (κ2) is 5.91. The van der Waals surface area contributed by atoms with E-state index < -0.39 is 4.92 Å². The average molecular weight is 341 g/mol. The van der Waals surface area contributed by atoms with Crippen molar-refractivity contribution in [2.45, 2.75) is 32.6 Å². The van der Waals surface area contributed by atoms with Crippen molar-refractivity contribution in [3.8, 4) is 0 Å². The van der Waals surface area contributed by atoms with Crippen LogP contribution in [-0.4, -0.2) is 17.4 Å². The SMILES string of the molecule is CCCC1(CNC(=O)c2cc([N+](=O)[O-])ccc2Br)CC1. The van der Waals surface area contributed by atoms with Gasteiger partial charge in [-0.05, 0) is 46.7 Å². The van der Waals surface area contributed by atoms with Crippen LogP contribution in [0, 0.1) is 15.5 Å². The lowest BCUT2D eigenvalue weighted by atomic mass is 10.0. The molecule has 0 unspecified atom stereocenters. The number of hydrogen-bond acceptors (Lipinski definition) is 3. The van der Waals surface area contributed by atoms with Gasteiger partial charge in [-0.25, -0.2) is 0 Å². The van der Waals surface area contributed by atoms with Crippen LogP contribution in [0.2, 0.25) is 0 Å². The van der Waals surface area contributed by atoms with Crippen molar-refractivity contribution in [3.63, 3.8) is 0 Å². The number of hydrogen-bond donors (Lipinski definition) is 1. The zero-order chi connectivity index (χ0) is 14.8. The maximum Gasteiger partial charge on any atom is 0.270 e. The number of carbonyl (C=O) groups excluding carboxylic acids is 1. The van der Waals surface area contributed by atoms with Crippen LogP contribution in [0.5, 0.6) is 0 Å². The Morgan fingerprint density at radius 2 is 2.20 bits per heavy atom. The first kappa shape index (κ1) is 15.0. The lowest BCUT2D eigenvalue weighted by Crippen LogP contribution is -2.30. The summed E-state index contributed by atoms with van der Waals surface area (Å²) in [7, 11) is 0. The van der Waals surface area contributed by atoms with Gasteiger partial charge in [0.25, 0.3) is 11.6 Å². The van der Waals surface area contributed by atoms with Crippen molar-refractivity contribution in [3.05, 3.63) is 38.3 Å². The number of benzene rings is 1. The van der Waals surface area contributed by atoms with E-state index in [1.807, 2.05) is 0 Å². The third-order valence-electron chi connectivity index (χ3n) is 3.77. The van der Waals surface area contributed by atoms with Crippen LogP contribution in [0.25, 0.3) is 0 Å². The molecule has 108 valence electrons. The third-order valence-corrected chi connectivity index (χ3v) is 4.46. The minimum Gasteiger partial charge on any atom is -0.351 e. The molecule has 0 atom stereocenters. The molecule has 1 aliphatic rings. The number of amides is 1. The van der Waals surface area contributed by atoms with Gasteiger partial charge < -0.3 is 5.32 Å². The van der Waals surface area contributed by atoms with Crippen LogP contribution < -0.4 is 5.32 Å². The number of halogens is 1. The van der Waals surface area contributed by atoms with Crippen LogP contribution in [0.4, 0.5) is 5.69 Å². The summed E-state index contributed by atoms with van der Waals surface area (Å²) in [6.07, 6.45) is 4.52. The van der Waals surface area contributed by atoms with Crippen LogP contribution in [-0.2, 0) is 0 Å². The van der Waals surface area contributed by atoms with Crippen molar-refractivity contribution in [1.82, 2.24) is 5.32 Å². The summed E-state index contributed by atoms with van der Waals surface area (Å²) in [6, 6.07) is 4.21. The Morgan fingerprint density at radius 3 is 2.75 bits per heavy atom. The van der Waals surface area contributed by atoms with Gasteiger partial charge in [-0.15, -0.1) is 0 Å². The molecule has 0 radical (unpaired) electrons. The van der Waals surface area contributed by atoms with Crippen LogP contribution in [0.3, 0.4) is 0 Å². The van der Waals surface area contributed by atoms with Gasteiger partial charge in [-0.3, -0.25) is 14.9 Å². The molecule has 0 bridgehead atoms. The highest BCUT2D eigenvalue weighted by Crippen LogP contribution is 2.48. The number of non-ortho nitro benzene ring substituents is 1. The summed E-state index contributed by atoms with van der Waals surface area (Å²) in [4.78, 5) is 22.4. The Bertz CT molecular complexity index is 541. The lowest BCUT2D eigenvalue weighted by molar-refractivity contribution is -0.384. The van der Waals surface area contributed by atoms with E-state index in [4.69, 9.17) is 0 Å². The van der Waals surface area contributed by atoms with E-state index >= 15 is 0 Å². The topological polar surface area (TPSA) is 72.2 Å². The standard InChI is InChI=1S/C14H17BrN2O3/c1-2-5-14(6-7-14)9-16-13(18)11-8-10(17(19)20)3-4-12(11)15/h3-4,8H,2,5-7,9H2,1H3,(H,16,18). The first-order valence-corrected chi connectivity index (χ1v) is 7.49. The minimum atomic E-state index is -0.497. The normalized spacial score (nSPS) is 15.7. The molecular formula is C14H17BrN2O3. The van der Waals surface area contributed by atoms with Gasteiger partial charge in [0, 0.05) is 23.2 Å². The van der Waals surface area contributed by atoms with E-state index in [2.05, 4.69) is 28.2 Å². The molecule has 20 heavy (non-hydrogen) atoms. The smallest absolute Gasteiger partial charge is 0.270 e. The van der Waals surface area contributed by atoms with Gasteiger partial charge in [0.1, 0.15) is 0 Å². The zero-order valence-corrected chi connectivity index (χ0v) is 12.9. The number of nitrogens with one attached hydrogen (secondary N) is 1. The maximum absolute atomic E-state index is 12.2. The van der Waals surface area contributed by atoms with Crippen molar-refractivity contribution >= 4 is 27.5 Å². The molecule has 6 heteroatoms. The van der Waals surface area contributed by atoms with Gasteiger partial charge in [0.05, 0.1) is 10.5 Å². The molecule has 1 fully saturated rings.